The van der Waals surface area contributed by atoms with Crippen molar-refractivity contribution in [3.05, 3.63) is 354 Å². The van der Waals surface area contributed by atoms with Crippen LogP contribution in [-0.2, 0) is 46.7 Å². The van der Waals surface area contributed by atoms with E-state index in [-0.39, 0.29) is 35.7 Å². The molecule has 14 heteroatoms. The summed E-state index contributed by atoms with van der Waals surface area (Å²) >= 11 is 52.9. The SMILES string of the molecule is C[Si](C)=[Zr+2].C[Si](C)=[Zr+2].Cc1cc(-c2ccc(Cl)cc2Cl)ccc1-[c-]1ccc2ccccc21.Cc1cc(-c2ccc(Cl)cc2Cl)ccc1-[c-]1ccc2ccccc21.Cc1cc(-c2ccc(Cl)cc2Cl)ccc1-[c-]1ccc2ccccc21.Cc1cc(-c2ccc(Cl)cc2Cl)ccc1-[c-]1ccc2ccccc21.[Cl-].[Cl-]. The van der Waals surface area contributed by atoms with Gasteiger partial charge in [-0.05, 0) is 93.0 Å². The number of benzene rings is 12. The van der Waals surface area contributed by atoms with Crippen LogP contribution in [0.3, 0.4) is 0 Å². The van der Waals surface area contributed by atoms with Gasteiger partial charge in [-0.15, -0.1) is 97.1 Å². The quantitative estimate of drug-likeness (QED) is 0.105. The number of halogens is 10. The maximum Gasteiger partial charge on any atom is 0.0498 e. The van der Waals surface area contributed by atoms with Crippen LogP contribution < -0.4 is 24.8 Å². The third-order valence-corrected chi connectivity index (χ3v) is 19.9. The van der Waals surface area contributed by atoms with Gasteiger partial charge in [0, 0.05) is 40.2 Å². The molecule has 106 heavy (non-hydrogen) atoms. The Hall–Kier alpha value is -5.82. The minimum absolute atomic E-state index is 0. The van der Waals surface area contributed by atoms with Crippen LogP contribution >= 0.6 is 92.8 Å². The van der Waals surface area contributed by atoms with E-state index in [2.05, 4.69) is 272 Å². The topological polar surface area (TPSA) is 0 Å². The summed E-state index contributed by atoms with van der Waals surface area (Å²) in [5, 5.41) is 15.6. The molecule has 0 N–H and O–H groups in total. The molecule has 0 radical (unpaired) electrons. The zero-order valence-corrected chi connectivity index (χ0v) is 74.0. The summed E-state index contributed by atoms with van der Waals surface area (Å²) < 4.78 is 0. The van der Waals surface area contributed by atoms with E-state index in [4.69, 9.17) is 92.8 Å². The normalized spacial score (nSPS) is 10.6. The Morgan fingerprint density at radius 1 is 0.245 bits per heavy atom. The molecule has 0 amide bonds. The molecule has 528 valence electrons. The number of hydrogen-bond donors (Lipinski definition) is 0. The molecular weight excluding hydrogens is 1700 g/mol. The number of hydrogen-bond acceptors (Lipinski definition) is 0. The van der Waals surface area contributed by atoms with Gasteiger partial charge in [-0.3, -0.25) is 0 Å². The molecule has 16 aromatic carbocycles. The number of fused-ring (bicyclic) bond motifs is 4. The first-order chi connectivity index (χ1) is 50.0. The molecule has 0 saturated heterocycles. The minimum atomic E-state index is 0. The van der Waals surface area contributed by atoms with Crippen molar-refractivity contribution in [3.63, 3.8) is 0 Å². The molecule has 0 spiro atoms. The Bertz CT molecular complexity index is 5090. The maximum absolute atomic E-state index is 6.35. The van der Waals surface area contributed by atoms with E-state index < -0.39 is 0 Å². The van der Waals surface area contributed by atoms with Crippen LogP contribution in [0.1, 0.15) is 22.3 Å². The van der Waals surface area contributed by atoms with Crippen molar-refractivity contribution in [1.29, 1.82) is 0 Å². The number of rotatable bonds is 8. The van der Waals surface area contributed by atoms with Crippen molar-refractivity contribution in [2.45, 2.75) is 53.9 Å². The van der Waals surface area contributed by atoms with Gasteiger partial charge in [0.05, 0.1) is 0 Å². The zero-order valence-electron chi connectivity index (χ0n) is 59.5. The van der Waals surface area contributed by atoms with Crippen LogP contribution in [0.25, 0.3) is 132 Å². The third kappa shape index (κ3) is 21.0. The van der Waals surface area contributed by atoms with E-state index in [0.29, 0.717) is 40.2 Å². The molecule has 0 unspecified atom stereocenters. The molecule has 0 aliphatic heterocycles. The summed E-state index contributed by atoms with van der Waals surface area (Å²) in [6.07, 6.45) is 0. The van der Waals surface area contributed by atoms with Crippen LogP contribution in [0.2, 0.25) is 66.4 Å². The predicted octanol–water partition coefficient (Wildman–Crippen LogP) is 25.6. The summed E-state index contributed by atoms with van der Waals surface area (Å²) in [7, 11) is 0. The molecule has 16 aromatic rings. The molecule has 0 atom stereocenters. The van der Waals surface area contributed by atoms with Gasteiger partial charge in [0.15, 0.2) is 0 Å². The van der Waals surface area contributed by atoms with E-state index in [1.807, 2.05) is 48.5 Å². The average molecular weight is 1770 g/mol. The zero-order chi connectivity index (χ0) is 73.9. The van der Waals surface area contributed by atoms with E-state index in [0.717, 1.165) is 44.5 Å². The largest absolute Gasteiger partial charge is 1.00 e. The Labute approximate surface area is 706 Å². The number of aryl methyl sites for hydroxylation is 4. The molecule has 0 aliphatic rings. The van der Waals surface area contributed by atoms with E-state index in [1.54, 1.807) is 70.9 Å². The van der Waals surface area contributed by atoms with Crippen LogP contribution in [0.4, 0.5) is 0 Å². The van der Waals surface area contributed by atoms with Crippen molar-refractivity contribution < 1.29 is 71.5 Å². The second-order valence-corrected chi connectivity index (χ2v) is 48.1. The average Bonchev–Trinajstić information content (AvgIpc) is 1.69. The van der Waals surface area contributed by atoms with Gasteiger partial charge in [-0.25, -0.2) is 0 Å². The van der Waals surface area contributed by atoms with Crippen molar-refractivity contribution in [3.8, 4) is 89.0 Å². The summed E-state index contributed by atoms with van der Waals surface area (Å²) in [6, 6.07) is 99.9. The Morgan fingerprint density at radius 3 is 0.613 bits per heavy atom. The van der Waals surface area contributed by atoms with Crippen molar-refractivity contribution in [2.24, 2.45) is 0 Å². The van der Waals surface area contributed by atoms with Gasteiger partial charge in [0.25, 0.3) is 0 Å². The van der Waals surface area contributed by atoms with Crippen molar-refractivity contribution >= 4 is 147 Å². The van der Waals surface area contributed by atoms with Crippen molar-refractivity contribution in [1.82, 2.24) is 0 Å². The molecule has 0 saturated carbocycles. The first-order valence-corrected chi connectivity index (χ1v) is 49.3. The maximum atomic E-state index is 6.35. The fourth-order valence-corrected chi connectivity index (χ4v) is 15.0. The summed E-state index contributed by atoms with van der Waals surface area (Å²) in [5.41, 5.74) is 23.9. The Balaban J connectivity index is 0.000000157. The fraction of sp³-hybridized carbons (Fsp3) is 0.0870. The van der Waals surface area contributed by atoms with Gasteiger partial charge in [-0.2, -0.15) is 0 Å². The smallest absolute Gasteiger partial charge is 0.0498 e. The van der Waals surface area contributed by atoms with Crippen molar-refractivity contribution in [2.75, 3.05) is 0 Å². The Morgan fingerprint density at radius 2 is 0.434 bits per heavy atom. The molecular formula is C92H72Cl10Si2Zr2-2. The second kappa shape index (κ2) is 39.2. The van der Waals surface area contributed by atoms with Gasteiger partial charge in [0.1, 0.15) is 0 Å². The molecule has 0 nitrogen and oxygen atoms in total. The van der Waals surface area contributed by atoms with E-state index in [1.165, 1.54) is 110 Å². The summed E-state index contributed by atoms with van der Waals surface area (Å²) in [5.74, 6) is 0. The minimum Gasteiger partial charge on any atom is -1.00 e. The molecule has 0 aromatic heterocycles. The predicted molar refractivity (Wildman–Crippen MR) is 456 cm³/mol. The fourth-order valence-electron chi connectivity index (χ4n) is 13.0. The monoisotopic (exact) mass is 1760 g/mol. The van der Waals surface area contributed by atoms with Crippen LogP contribution in [0.5, 0.6) is 0 Å². The van der Waals surface area contributed by atoms with Crippen LogP contribution in [0, 0.1) is 27.7 Å². The molecule has 0 heterocycles. The second-order valence-electron chi connectivity index (χ2n) is 26.0. The van der Waals surface area contributed by atoms with E-state index >= 15 is 0 Å². The van der Waals surface area contributed by atoms with Gasteiger partial charge < -0.3 is 24.8 Å². The summed E-state index contributed by atoms with van der Waals surface area (Å²) in [6.45, 7) is 17.8. The van der Waals surface area contributed by atoms with E-state index in [9.17, 15) is 0 Å². The molecule has 0 aliphatic carbocycles. The summed E-state index contributed by atoms with van der Waals surface area (Å²) in [4.78, 5) is 0. The van der Waals surface area contributed by atoms with Gasteiger partial charge in [-0.1, -0.05) is 376 Å². The first-order valence-electron chi connectivity index (χ1n) is 33.9. The van der Waals surface area contributed by atoms with Crippen LogP contribution in [-0.4, -0.2) is 10.9 Å². The van der Waals surface area contributed by atoms with Gasteiger partial charge >= 0.3 is 83.7 Å². The Kier molecular flexibility index (Phi) is 31.1. The molecule has 0 fully saturated rings. The van der Waals surface area contributed by atoms with Crippen LogP contribution in [0.15, 0.2) is 291 Å². The molecule has 16 rings (SSSR count). The molecule has 0 bridgehead atoms. The standard InChI is InChI=1S/4C22H15Cl2.2C2H6Si.2ClH.2Zr/c4*1-14-12-16(20-11-8-17(23)13-22(20)24)7-9-18(14)21-10-6-15-4-2-3-5-19(15)21;2*1-3-2;;;;/h4*2-13H,1H3;2*1-2H3;2*1H;;/q4*-1;;;;;2*+2/p-2. The van der Waals surface area contributed by atoms with Gasteiger partial charge in [0.2, 0.25) is 0 Å². The third-order valence-electron chi connectivity index (χ3n) is 17.8. The first kappa shape index (κ1) is 84.2.